The maximum Gasteiger partial charge on any atom is 0.264 e. The molecule has 1 N–H and O–H groups in total. The molecule has 2 aromatic rings. The Hall–Kier alpha value is -1.47. The van der Waals surface area contributed by atoms with Crippen LogP contribution in [0.15, 0.2) is 41.3 Å². The van der Waals surface area contributed by atoms with Gasteiger partial charge in [-0.15, -0.1) is 0 Å². The van der Waals surface area contributed by atoms with Crippen molar-refractivity contribution in [2.45, 2.75) is 11.8 Å². The molecule has 5 nitrogen and oxygen atoms in total. The number of anilines is 1. The Morgan fingerprint density at radius 3 is 2.36 bits per heavy atom. The quantitative estimate of drug-likeness (QED) is 0.758. The molecule has 136 valence electrons. The fourth-order valence-electron chi connectivity index (χ4n) is 2.10. The van der Waals surface area contributed by atoms with Crippen molar-refractivity contribution in [1.29, 1.82) is 0 Å². The minimum absolute atomic E-state index is 0.0644. The third-order valence-corrected chi connectivity index (χ3v) is 5.76. The largest absolute Gasteiger partial charge is 0.492 e. The molecule has 0 aliphatic rings. The Balaban J connectivity index is 2.25. The number of sulfonamides is 1. The van der Waals surface area contributed by atoms with Crippen LogP contribution in [0.2, 0.25) is 10.0 Å². The molecular formula is C17H20Cl2N2O3S. The van der Waals surface area contributed by atoms with Crippen LogP contribution in [0.1, 0.15) is 5.56 Å². The number of hydrogen-bond donors (Lipinski definition) is 1. The van der Waals surface area contributed by atoms with Crippen LogP contribution in [0.5, 0.6) is 5.75 Å². The number of benzene rings is 2. The molecule has 0 bridgehead atoms. The zero-order valence-corrected chi connectivity index (χ0v) is 16.5. The van der Waals surface area contributed by atoms with Crippen LogP contribution in [0.25, 0.3) is 0 Å². The first kappa shape index (κ1) is 19.8. The molecule has 0 aliphatic heterocycles. The second-order valence-electron chi connectivity index (χ2n) is 5.79. The van der Waals surface area contributed by atoms with Crippen molar-refractivity contribution in [1.82, 2.24) is 4.90 Å². The second-order valence-corrected chi connectivity index (χ2v) is 8.22. The van der Waals surface area contributed by atoms with E-state index in [2.05, 4.69) is 4.72 Å². The number of likely N-dealkylation sites (N-methyl/N-ethyl adjacent to an activating group) is 1. The molecule has 0 radical (unpaired) electrons. The Labute approximate surface area is 158 Å². The molecule has 0 spiro atoms. The van der Waals surface area contributed by atoms with Crippen molar-refractivity contribution >= 4 is 38.9 Å². The standard InChI is InChI=1S/C17H20Cl2N2O3S/c1-12-7-8-13(11-16(12)24-10-9-21(2)3)20-25(22,23)17-14(18)5-4-6-15(17)19/h4-8,11,20H,9-10H2,1-3H3. The highest BCUT2D eigenvalue weighted by Crippen LogP contribution is 2.31. The average Bonchev–Trinajstić information content (AvgIpc) is 2.49. The first-order valence-electron chi connectivity index (χ1n) is 7.56. The van der Waals surface area contributed by atoms with Gasteiger partial charge in [-0.05, 0) is 44.8 Å². The number of halogens is 2. The number of aryl methyl sites for hydroxylation is 1. The molecule has 0 saturated carbocycles. The van der Waals surface area contributed by atoms with Gasteiger partial charge in [0.15, 0.2) is 0 Å². The topological polar surface area (TPSA) is 58.6 Å². The van der Waals surface area contributed by atoms with E-state index in [0.717, 1.165) is 12.1 Å². The lowest BCUT2D eigenvalue weighted by molar-refractivity contribution is 0.260. The fourth-order valence-corrected chi connectivity index (χ4v) is 4.30. The number of ether oxygens (including phenoxy) is 1. The monoisotopic (exact) mass is 402 g/mol. The van der Waals surface area contributed by atoms with Crippen molar-refractivity contribution in [2.75, 3.05) is 32.0 Å². The van der Waals surface area contributed by atoms with Gasteiger partial charge in [-0.2, -0.15) is 0 Å². The van der Waals surface area contributed by atoms with Gasteiger partial charge in [-0.3, -0.25) is 4.72 Å². The van der Waals surface area contributed by atoms with Gasteiger partial charge in [0, 0.05) is 12.6 Å². The minimum Gasteiger partial charge on any atom is -0.492 e. The highest BCUT2D eigenvalue weighted by atomic mass is 35.5. The first-order valence-corrected chi connectivity index (χ1v) is 9.79. The van der Waals surface area contributed by atoms with Gasteiger partial charge in [0.1, 0.15) is 17.3 Å². The van der Waals surface area contributed by atoms with Crippen molar-refractivity contribution in [3.63, 3.8) is 0 Å². The molecule has 2 aromatic carbocycles. The van der Waals surface area contributed by atoms with Gasteiger partial charge in [-0.1, -0.05) is 35.3 Å². The lowest BCUT2D eigenvalue weighted by Gasteiger charge is -2.15. The molecule has 2 rings (SSSR count). The molecule has 0 aliphatic carbocycles. The highest BCUT2D eigenvalue weighted by Gasteiger charge is 2.22. The van der Waals surface area contributed by atoms with Gasteiger partial charge < -0.3 is 9.64 Å². The molecule has 0 amide bonds. The first-order chi connectivity index (χ1) is 11.7. The third kappa shape index (κ3) is 5.25. The minimum atomic E-state index is -3.92. The van der Waals surface area contributed by atoms with Crippen LogP contribution < -0.4 is 9.46 Å². The van der Waals surface area contributed by atoms with E-state index in [1.807, 2.05) is 25.9 Å². The summed E-state index contributed by atoms with van der Waals surface area (Å²) in [5.41, 5.74) is 1.29. The van der Waals surface area contributed by atoms with E-state index in [1.54, 1.807) is 24.3 Å². The van der Waals surface area contributed by atoms with E-state index in [9.17, 15) is 8.42 Å². The molecule has 0 aromatic heterocycles. The summed E-state index contributed by atoms with van der Waals surface area (Å²) in [7, 11) is -0.0109. The van der Waals surface area contributed by atoms with Crippen LogP contribution in [0.4, 0.5) is 5.69 Å². The van der Waals surface area contributed by atoms with Crippen LogP contribution in [0.3, 0.4) is 0 Å². The number of nitrogens with zero attached hydrogens (tertiary/aromatic N) is 1. The predicted octanol–water partition coefficient (Wildman–Crippen LogP) is 4.04. The van der Waals surface area contributed by atoms with Crippen molar-refractivity contribution in [3.05, 3.63) is 52.0 Å². The molecule has 0 atom stereocenters. The summed E-state index contributed by atoms with van der Waals surface area (Å²) in [5, 5.41) is 0.129. The van der Waals surface area contributed by atoms with Crippen LogP contribution in [-0.4, -0.2) is 40.6 Å². The van der Waals surface area contributed by atoms with Crippen LogP contribution >= 0.6 is 23.2 Å². The van der Waals surface area contributed by atoms with Crippen molar-refractivity contribution in [2.24, 2.45) is 0 Å². The van der Waals surface area contributed by atoms with Crippen LogP contribution in [-0.2, 0) is 10.0 Å². The lowest BCUT2D eigenvalue weighted by Crippen LogP contribution is -2.19. The average molecular weight is 403 g/mol. The SMILES string of the molecule is Cc1ccc(NS(=O)(=O)c2c(Cl)cccc2Cl)cc1OCCN(C)C. The molecule has 8 heteroatoms. The third-order valence-electron chi connectivity index (χ3n) is 3.42. The van der Waals surface area contributed by atoms with Crippen molar-refractivity contribution < 1.29 is 13.2 Å². The second kappa shape index (κ2) is 8.27. The summed E-state index contributed by atoms with van der Waals surface area (Å²) >= 11 is 12.0. The molecule has 0 fully saturated rings. The zero-order valence-electron chi connectivity index (χ0n) is 14.2. The van der Waals surface area contributed by atoms with Gasteiger partial charge >= 0.3 is 0 Å². The molecule has 0 saturated heterocycles. The number of rotatable bonds is 7. The number of hydrogen-bond acceptors (Lipinski definition) is 4. The maximum absolute atomic E-state index is 12.6. The van der Waals surface area contributed by atoms with Gasteiger partial charge in [0.25, 0.3) is 10.0 Å². The van der Waals surface area contributed by atoms with E-state index in [1.165, 1.54) is 12.1 Å². The summed E-state index contributed by atoms with van der Waals surface area (Å²) in [5.74, 6) is 0.618. The molecular weight excluding hydrogens is 383 g/mol. The maximum atomic E-state index is 12.6. The smallest absolute Gasteiger partial charge is 0.264 e. The van der Waals surface area contributed by atoms with E-state index in [-0.39, 0.29) is 14.9 Å². The zero-order chi connectivity index (χ0) is 18.6. The van der Waals surface area contributed by atoms with E-state index in [4.69, 9.17) is 27.9 Å². The Kier molecular flexibility index (Phi) is 6.57. The van der Waals surface area contributed by atoms with Gasteiger partial charge in [-0.25, -0.2) is 8.42 Å². The van der Waals surface area contributed by atoms with E-state index < -0.39 is 10.0 Å². The lowest BCUT2D eigenvalue weighted by atomic mass is 10.2. The Bertz CT molecular complexity index is 835. The highest BCUT2D eigenvalue weighted by molar-refractivity contribution is 7.93. The molecule has 0 unspecified atom stereocenters. The summed E-state index contributed by atoms with van der Waals surface area (Å²) in [4.78, 5) is 1.86. The summed E-state index contributed by atoms with van der Waals surface area (Å²) < 4.78 is 33.5. The normalized spacial score (nSPS) is 11.6. The molecule has 25 heavy (non-hydrogen) atoms. The summed E-state index contributed by atoms with van der Waals surface area (Å²) in [6, 6.07) is 9.65. The van der Waals surface area contributed by atoms with Crippen molar-refractivity contribution in [3.8, 4) is 5.75 Å². The van der Waals surface area contributed by atoms with E-state index >= 15 is 0 Å². The van der Waals surface area contributed by atoms with E-state index in [0.29, 0.717) is 18.0 Å². The van der Waals surface area contributed by atoms with Crippen LogP contribution in [0, 0.1) is 6.92 Å². The predicted molar refractivity (Wildman–Crippen MR) is 102 cm³/mol. The molecule has 0 heterocycles. The number of nitrogens with one attached hydrogen (secondary N) is 1. The Morgan fingerprint density at radius 1 is 1.12 bits per heavy atom. The summed E-state index contributed by atoms with van der Waals surface area (Å²) in [6.07, 6.45) is 0. The van der Waals surface area contributed by atoms with Gasteiger partial charge in [0.2, 0.25) is 0 Å². The summed E-state index contributed by atoms with van der Waals surface area (Å²) in [6.45, 7) is 3.15. The Morgan fingerprint density at radius 2 is 1.76 bits per heavy atom. The van der Waals surface area contributed by atoms with Gasteiger partial charge in [0.05, 0.1) is 15.7 Å². The fraction of sp³-hybridized carbons (Fsp3) is 0.294.